The minimum absolute atomic E-state index is 0.0222. The molecular formula is C13H28N4O. The van der Waals surface area contributed by atoms with Crippen LogP contribution in [0.3, 0.4) is 0 Å². The topological polar surface area (TPSA) is 61.6 Å². The van der Waals surface area contributed by atoms with Crippen LogP contribution in [0.15, 0.2) is 0 Å². The van der Waals surface area contributed by atoms with Gasteiger partial charge in [0, 0.05) is 32.2 Å². The van der Waals surface area contributed by atoms with Crippen LogP contribution in [0, 0.1) is 5.92 Å². The van der Waals surface area contributed by atoms with Gasteiger partial charge in [0.25, 0.3) is 0 Å². The van der Waals surface area contributed by atoms with Crippen LogP contribution in [0.1, 0.15) is 20.3 Å². The molecule has 1 aliphatic heterocycles. The zero-order valence-electron chi connectivity index (χ0n) is 12.1. The summed E-state index contributed by atoms with van der Waals surface area (Å²) in [5.74, 6) is 0.211. The zero-order chi connectivity index (χ0) is 13.7. The van der Waals surface area contributed by atoms with Gasteiger partial charge in [0.2, 0.25) is 5.91 Å². The number of carbonyl (C=O) groups excluding carboxylic acids is 1. The molecule has 5 nitrogen and oxygen atoms in total. The van der Waals surface area contributed by atoms with Crippen molar-refractivity contribution < 1.29 is 4.79 Å². The van der Waals surface area contributed by atoms with Gasteiger partial charge in [-0.2, -0.15) is 0 Å². The van der Waals surface area contributed by atoms with Gasteiger partial charge in [-0.1, -0.05) is 20.3 Å². The normalized spacial score (nSPS) is 25.7. The maximum Gasteiger partial charge on any atom is 0.237 e. The summed E-state index contributed by atoms with van der Waals surface area (Å²) >= 11 is 0. The van der Waals surface area contributed by atoms with Gasteiger partial charge in [-0.15, -0.1) is 0 Å². The first-order valence-corrected chi connectivity index (χ1v) is 6.87. The Balaban J connectivity index is 2.37. The van der Waals surface area contributed by atoms with E-state index in [-0.39, 0.29) is 17.9 Å². The van der Waals surface area contributed by atoms with Crippen molar-refractivity contribution in [1.82, 2.24) is 15.1 Å². The van der Waals surface area contributed by atoms with E-state index in [4.69, 9.17) is 5.73 Å². The molecule has 18 heavy (non-hydrogen) atoms. The third-order valence-corrected chi connectivity index (χ3v) is 4.05. The SMILES string of the molecule is CC[C@H](C)[C@H](N)C(=O)NCC1CN(C)CCN1C. The summed E-state index contributed by atoms with van der Waals surface area (Å²) < 4.78 is 0. The monoisotopic (exact) mass is 256 g/mol. The van der Waals surface area contributed by atoms with Gasteiger partial charge in [0.15, 0.2) is 0 Å². The first kappa shape index (κ1) is 15.4. The number of nitrogens with two attached hydrogens (primary N) is 1. The fourth-order valence-electron chi connectivity index (χ4n) is 2.17. The third kappa shape index (κ3) is 4.23. The first-order valence-electron chi connectivity index (χ1n) is 6.87. The van der Waals surface area contributed by atoms with Crippen LogP contribution < -0.4 is 11.1 Å². The number of hydrogen-bond acceptors (Lipinski definition) is 4. The number of amides is 1. The molecule has 1 saturated heterocycles. The van der Waals surface area contributed by atoms with Crippen molar-refractivity contribution in [2.24, 2.45) is 11.7 Å². The molecule has 106 valence electrons. The molecule has 0 radical (unpaired) electrons. The van der Waals surface area contributed by atoms with Crippen molar-refractivity contribution in [1.29, 1.82) is 0 Å². The van der Waals surface area contributed by atoms with Gasteiger partial charge < -0.3 is 16.0 Å². The summed E-state index contributed by atoms with van der Waals surface area (Å²) in [6.07, 6.45) is 0.931. The average Bonchev–Trinajstić information content (AvgIpc) is 2.37. The van der Waals surface area contributed by atoms with E-state index in [2.05, 4.69) is 36.1 Å². The Morgan fingerprint density at radius 1 is 1.44 bits per heavy atom. The molecule has 1 unspecified atom stereocenters. The molecular weight excluding hydrogens is 228 g/mol. The van der Waals surface area contributed by atoms with E-state index >= 15 is 0 Å². The van der Waals surface area contributed by atoms with Crippen LogP contribution in [0.25, 0.3) is 0 Å². The second-order valence-electron chi connectivity index (χ2n) is 5.55. The Labute approximate surface area is 111 Å². The van der Waals surface area contributed by atoms with E-state index in [1.54, 1.807) is 0 Å². The van der Waals surface area contributed by atoms with Crippen molar-refractivity contribution in [3.63, 3.8) is 0 Å². The number of carbonyl (C=O) groups is 1. The van der Waals surface area contributed by atoms with E-state index in [0.717, 1.165) is 26.1 Å². The fourth-order valence-corrected chi connectivity index (χ4v) is 2.17. The summed E-state index contributed by atoms with van der Waals surface area (Å²) in [6.45, 7) is 7.90. The molecule has 0 aromatic heterocycles. The van der Waals surface area contributed by atoms with E-state index in [1.807, 2.05) is 6.92 Å². The molecule has 0 saturated carbocycles. The number of likely N-dealkylation sites (N-methyl/N-ethyl adjacent to an activating group) is 2. The summed E-state index contributed by atoms with van der Waals surface area (Å²) in [4.78, 5) is 16.5. The molecule has 0 spiro atoms. The van der Waals surface area contributed by atoms with Gasteiger partial charge in [-0.25, -0.2) is 0 Å². The maximum absolute atomic E-state index is 11.9. The Bertz CT molecular complexity index is 272. The highest BCUT2D eigenvalue weighted by molar-refractivity contribution is 5.81. The molecule has 3 N–H and O–H groups in total. The lowest BCUT2D eigenvalue weighted by atomic mass is 9.99. The van der Waals surface area contributed by atoms with Crippen LogP contribution in [-0.2, 0) is 4.79 Å². The predicted molar refractivity (Wildman–Crippen MR) is 74.4 cm³/mol. The van der Waals surface area contributed by atoms with E-state index in [9.17, 15) is 4.79 Å². The van der Waals surface area contributed by atoms with E-state index in [1.165, 1.54) is 0 Å². The quantitative estimate of drug-likeness (QED) is 0.710. The molecule has 1 aliphatic rings. The van der Waals surface area contributed by atoms with Crippen LogP contribution in [-0.4, -0.2) is 68.1 Å². The van der Waals surface area contributed by atoms with Crippen molar-refractivity contribution in [2.75, 3.05) is 40.3 Å². The minimum atomic E-state index is -0.387. The number of rotatable bonds is 5. The maximum atomic E-state index is 11.9. The molecule has 0 aromatic carbocycles. The molecule has 1 fully saturated rings. The van der Waals surface area contributed by atoms with Crippen LogP contribution >= 0.6 is 0 Å². The zero-order valence-corrected chi connectivity index (χ0v) is 12.1. The molecule has 1 heterocycles. The molecule has 0 aromatic rings. The largest absolute Gasteiger partial charge is 0.353 e. The highest BCUT2D eigenvalue weighted by Crippen LogP contribution is 2.07. The summed E-state index contributed by atoms with van der Waals surface area (Å²) in [5.41, 5.74) is 5.91. The number of piperazine rings is 1. The highest BCUT2D eigenvalue weighted by atomic mass is 16.2. The Morgan fingerprint density at radius 3 is 2.72 bits per heavy atom. The lowest BCUT2D eigenvalue weighted by Crippen LogP contribution is -2.56. The molecule has 1 rings (SSSR count). The standard InChI is InChI=1S/C13H28N4O/c1-5-10(2)12(14)13(18)15-8-11-9-16(3)6-7-17(11)4/h10-12H,5-9,14H2,1-4H3,(H,15,18)/t10-,11?,12-/m0/s1. The fraction of sp³-hybridized carbons (Fsp3) is 0.923. The van der Waals surface area contributed by atoms with Crippen LogP contribution in [0.5, 0.6) is 0 Å². The van der Waals surface area contributed by atoms with Gasteiger partial charge in [-0.3, -0.25) is 9.69 Å². The molecule has 0 bridgehead atoms. The second kappa shape index (κ2) is 7.07. The second-order valence-corrected chi connectivity index (χ2v) is 5.55. The smallest absolute Gasteiger partial charge is 0.237 e. The molecule has 3 atom stereocenters. The Kier molecular flexibility index (Phi) is 6.05. The van der Waals surface area contributed by atoms with Crippen LogP contribution in [0.2, 0.25) is 0 Å². The summed E-state index contributed by atoms with van der Waals surface area (Å²) in [5, 5.41) is 2.99. The minimum Gasteiger partial charge on any atom is -0.353 e. The van der Waals surface area contributed by atoms with Crippen molar-refractivity contribution in [3.05, 3.63) is 0 Å². The van der Waals surface area contributed by atoms with E-state index in [0.29, 0.717) is 12.6 Å². The van der Waals surface area contributed by atoms with Crippen LogP contribution in [0.4, 0.5) is 0 Å². The Hall–Kier alpha value is -0.650. The van der Waals surface area contributed by atoms with Crippen molar-refractivity contribution in [2.45, 2.75) is 32.4 Å². The molecule has 5 heteroatoms. The van der Waals surface area contributed by atoms with Crippen molar-refractivity contribution >= 4 is 5.91 Å². The van der Waals surface area contributed by atoms with Crippen molar-refractivity contribution in [3.8, 4) is 0 Å². The van der Waals surface area contributed by atoms with Gasteiger partial charge in [-0.05, 0) is 20.0 Å². The number of nitrogens with zero attached hydrogens (tertiary/aromatic N) is 2. The lowest BCUT2D eigenvalue weighted by Gasteiger charge is -2.37. The first-order chi connectivity index (χ1) is 8.45. The molecule has 0 aliphatic carbocycles. The molecule has 1 amide bonds. The highest BCUT2D eigenvalue weighted by Gasteiger charge is 2.24. The average molecular weight is 256 g/mol. The predicted octanol–water partition coefficient (Wildman–Crippen LogP) is -0.278. The summed E-state index contributed by atoms with van der Waals surface area (Å²) in [7, 11) is 4.23. The number of hydrogen-bond donors (Lipinski definition) is 2. The lowest BCUT2D eigenvalue weighted by molar-refractivity contribution is -0.123. The Morgan fingerprint density at radius 2 is 2.11 bits per heavy atom. The third-order valence-electron chi connectivity index (χ3n) is 4.05. The summed E-state index contributed by atoms with van der Waals surface area (Å²) in [6, 6.07) is -0.00143. The van der Waals surface area contributed by atoms with Gasteiger partial charge >= 0.3 is 0 Å². The van der Waals surface area contributed by atoms with Gasteiger partial charge in [0.1, 0.15) is 0 Å². The van der Waals surface area contributed by atoms with E-state index < -0.39 is 0 Å². The van der Waals surface area contributed by atoms with Gasteiger partial charge in [0.05, 0.1) is 6.04 Å². The number of nitrogens with one attached hydrogen (secondary N) is 1.